The van der Waals surface area contributed by atoms with Crippen LogP contribution in [0.1, 0.15) is 19.3 Å². The van der Waals surface area contributed by atoms with Crippen molar-refractivity contribution >= 4 is 0 Å². The number of ether oxygens (including phenoxy) is 1. The van der Waals surface area contributed by atoms with Crippen molar-refractivity contribution in [3.8, 4) is 11.8 Å². The predicted molar refractivity (Wildman–Crippen MR) is 38.5 cm³/mol. The van der Waals surface area contributed by atoms with E-state index in [2.05, 4.69) is 11.8 Å². The van der Waals surface area contributed by atoms with Gasteiger partial charge in [0.15, 0.2) is 0 Å². The van der Waals surface area contributed by atoms with E-state index in [0.717, 1.165) is 25.9 Å². The molecule has 1 aliphatic heterocycles. The first-order valence-corrected chi connectivity index (χ1v) is 3.61. The molecule has 0 radical (unpaired) electrons. The summed E-state index contributed by atoms with van der Waals surface area (Å²) in [5.41, 5.74) is 0. The minimum absolute atomic E-state index is 0.0350. The molecule has 56 valence electrons. The number of hydrogen-bond acceptors (Lipinski definition) is 2. The molecule has 1 N–H and O–H groups in total. The maximum Gasteiger partial charge on any atom is 0.104 e. The zero-order valence-corrected chi connectivity index (χ0v) is 5.97. The number of aliphatic hydroxyl groups excluding tert-OH is 1. The molecule has 0 aliphatic carbocycles. The van der Waals surface area contributed by atoms with Crippen LogP contribution in [-0.4, -0.2) is 24.4 Å². The lowest BCUT2D eigenvalue weighted by atomic mass is 10.2. The quantitative estimate of drug-likeness (QED) is 0.539. The highest BCUT2D eigenvalue weighted by atomic mass is 16.5. The fourth-order valence-corrected chi connectivity index (χ4v) is 1.05. The van der Waals surface area contributed by atoms with E-state index in [1.54, 1.807) is 0 Å². The SMILES string of the molecule is OCC#CCC1CCCO1. The van der Waals surface area contributed by atoms with Gasteiger partial charge in [0.2, 0.25) is 0 Å². The van der Waals surface area contributed by atoms with Crippen molar-refractivity contribution in [2.75, 3.05) is 13.2 Å². The third-order valence-electron chi connectivity index (χ3n) is 1.56. The number of rotatable bonds is 1. The Kier molecular flexibility index (Phi) is 3.28. The van der Waals surface area contributed by atoms with Crippen molar-refractivity contribution in [3.63, 3.8) is 0 Å². The second-order valence-electron chi connectivity index (χ2n) is 2.35. The van der Waals surface area contributed by atoms with Crippen molar-refractivity contribution in [2.45, 2.75) is 25.4 Å². The van der Waals surface area contributed by atoms with Crippen LogP contribution in [0, 0.1) is 11.8 Å². The molecule has 1 rings (SSSR count). The van der Waals surface area contributed by atoms with Crippen LogP contribution in [0.25, 0.3) is 0 Å². The third-order valence-corrected chi connectivity index (χ3v) is 1.56. The molecule has 0 aromatic rings. The van der Waals surface area contributed by atoms with Crippen molar-refractivity contribution in [1.82, 2.24) is 0 Å². The van der Waals surface area contributed by atoms with E-state index in [4.69, 9.17) is 9.84 Å². The van der Waals surface area contributed by atoms with Gasteiger partial charge in [-0.3, -0.25) is 0 Å². The van der Waals surface area contributed by atoms with Crippen LogP contribution in [0.2, 0.25) is 0 Å². The first-order valence-electron chi connectivity index (χ1n) is 3.61. The summed E-state index contributed by atoms with van der Waals surface area (Å²) < 4.78 is 5.32. The lowest BCUT2D eigenvalue weighted by molar-refractivity contribution is 0.115. The van der Waals surface area contributed by atoms with Gasteiger partial charge in [-0.2, -0.15) is 0 Å². The zero-order chi connectivity index (χ0) is 7.23. The highest BCUT2D eigenvalue weighted by molar-refractivity contribution is 5.00. The van der Waals surface area contributed by atoms with Crippen LogP contribution in [0.4, 0.5) is 0 Å². The van der Waals surface area contributed by atoms with Crippen molar-refractivity contribution < 1.29 is 9.84 Å². The first kappa shape index (κ1) is 7.59. The molecule has 2 nitrogen and oxygen atoms in total. The van der Waals surface area contributed by atoms with Crippen LogP contribution in [0.3, 0.4) is 0 Å². The molecule has 2 heteroatoms. The van der Waals surface area contributed by atoms with Crippen LogP contribution in [-0.2, 0) is 4.74 Å². The summed E-state index contributed by atoms with van der Waals surface area (Å²) in [5.74, 6) is 5.45. The maximum atomic E-state index is 8.33. The normalized spacial score (nSPS) is 23.9. The molecule has 0 aromatic heterocycles. The molecule has 0 spiro atoms. The van der Waals surface area contributed by atoms with Gasteiger partial charge in [-0.15, -0.1) is 0 Å². The van der Waals surface area contributed by atoms with E-state index < -0.39 is 0 Å². The standard InChI is InChI=1S/C8H12O2/c9-6-2-1-4-8-5-3-7-10-8/h8-9H,3-7H2. The Labute approximate surface area is 61.2 Å². The summed E-state index contributed by atoms with van der Waals surface area (Å²) in [6.45, 7) is 0.845. The zero-order valence-electron chi connectivity index (χ0n) is 5.97. The first-order chi connectivity index (χ1) is 4.93. The molecule has 1 saturated heterocycles. The molecule has 1 atom stereocenters. The van der Waals surface area contributed by atoms with Gasteiger partial charge < -0.3 is 9.84 Å². The average Bonchev–Trinajstić information content (AvgIpc) is 2.41. The molecular formula is C8H12O2. The van der Waals surface area contributed by atoms with Gasteiger partial charge >= 0.3 is 0 Å². The molecule has 10 heavy (non-hydrogen) atoms. The van der Waals surface area contributed by atoms with Crippen molar-refractivity contribution in [1.29, 1.82) is 0 Å². The Balaban J connectivity index is 2.12. The molecule has 1 fully saturated rings. The van der Waals surface area contributed by atoms with E-state index >= 15 is 0 Å². The Morgan fingerprint density at radius 1 is 1.50 bits per heavy atom. The fourth-order valence-electron chi connectivity index (χ4n) is 1.05. The minimum atomic E-state index is -0.0350. The van der Waals surface area contributed by atoms with Crippen LogP contribution < -0.4 is 0 Å². The van der Waals surface area contributed by atoms with Crippen LogP contribution in [0.15, 0.2) is 0 Å². The molecule has 1 heterocycles. The average molecular weight is 140 g/mol. The lowest BCUT2D eigenvalue weighted by Crippen LogP contribution is -2.02. The molecule has 0 aromatic carbocycles. The topological polar surface area (TPSA) is 29.5 Å². The lowest BCUT2D eigenvalue weighted by Gasteiger charge is -2.01. The summed E-state index contributed by atoms with van der Waals surface area (Å²) in [6, 6.07) is 0. The summed E-state index contributed by atoms with van der Waals surface area (Å²) in [5, 5.41) is 8.33. The smallest absolute Gasteiger partial charge is 0.104 e. The Hall–Kier alpha value is -0.520. The predicted octanol–water partition coefficient (Wildman–Crippen LogP) is 0.551. The second kappa shape index (κ2) is 4.32. The van der Waals surface area contributed by atoms with Gasteiger partial charge in [0.25, 0.3) is 0 Å². The Bertz CT molecular complexity index is 137. The minimum Gasteiger partial charge on any atom is -0.384 e. The van der Waals surface area contributed by atoms with Crippen molar-refractivity contribution in [3.05, 3.63) is 0 Å². The number of aliphatic hydroxyl groups is 1. The molecule has 1 aliphatic rings. The maximum absolute atomic E-state index is 8.33. The van der Waals surface area contributed by atoms with Crippen LogP contribution >= 0.6 is 0 Å². The van der Waals surface area contributed by atoms with Gasteiger partial charge in [0, 0.05) is 13.0 Å². The summed E-state index contributed by atoms with van der Waals surface area (Å²) >= 11 is 0. The summed E-state index contributed by atoms with van der Waals surface area (Å²) in [4.78, 5) is 0. The summed E-state index contributed by atoms with van der Waals surface area (Å²) in [6.07, 6.45) is 3.39. The highest BCUT2D eigenvalue weighted by Gasteiger charge is 2.12. The van der Waals surface area contributed by atoms with E-state index in [-0.39, 0.29) is 6.61 Å². The molecule has 0 bridgehead atoms. The molecule has 0 saturated carbocycles. The van der Waals surface area contributed by atoms with Gasteiger partial charge in [-0.05, 0) is 12.8 Å². The van der Waals surface area contributed by atoms with Gasteiger partial charge in [-0.25, -0.2) is 0 Å². The molecular weight excluding hydrogens is 128 g/mol. The Morgan fingerprint density at radius 3 is 3.00 bits per heavy atom. The van der Waals surface area contributed by atoms with E-state index in [1.165, 1.54) is 0 Å². The summed E-state index contributed by atoms with van der Waals surface area (Å²) in [7, 11) is 0. The van der Waals surface area contributed by atoms with Gasteiger partial charge in [-0.1, -0.05) is 11.8 Å². The van der Waals surface area contributed by atoms with E-state index in [0.29, 0.717) is 6.10 Å². The Morgan fingerprint density at radius 2 is 2.40 bits per heavy atom. The third kappa shape index (κ3) is 2.38. The van der Waals surface area contributed by atoms with E-state index in [1.807, 2.05) is 0 Å². The van der Waals surface area contributed by atoms with Crippen LogP contribution in [0.5, 0.6) is 0 Å². The molecule has 0 amide bonds. The molecule has 1 unspecified atom stereocenters. The van der Waals surface area contributed by atoms with Gasteiger partial charge in [0.1, 0.15) is 6.61 Å². The van der Waals surface area contributed by atoms with Gasteiger partial charge in [0.05, 0.1) is 6.10 Å². The number of hydrogen-bond donors (Lipinski definition) is 1. The largest absolute Gasteiger partial charge is 0.384 e. The van der Waals surface area contributed by atoms with E-state index in [9.17, 15) is 0 Å². The highest BCUT2D eigenvalue weighted by Crippen LogP contribution is 2.13. The second-order valence-corrected chi connectivity index (χ2v) is 2.35. The fraction of sp³-hybridized carbons (Fsp3) is 0.750. The van der Waals surface area contributed by atoms with Crippen molar-refractivity contribution in [2.24, 2.45) is 0 Å². The monoisotopic (exact) mass is 140 g/mol.